The Hall–Kier alpha value is -1.63. The van der Waals surface area contributed by atoms with Crippen molar-refractivity contribution >= 4 is 11.9 Å². The van der Waals surface area contributed by atoms with E-state index in [1.54, 1.807) is 0 Å². The largest absolute Gasteiger partial charge is 0.461 e. The fourth-order valence-electron chi connectivity index (χ4n) is 2.22. The van der Waals surface area contributed by atoms with E-state index in [0.29, 0.717) is 5.95 Å². The Kier molecular flexibility index (Phi) is 5.34. The van der Waals surface area contributed by atoms with Crippen molar-refractivity contribution in [2.75, 3.05) is 37.2 Å². The molecule has 0 bridgehead atoms. The van der Waals surface area contributed by atoms with Crippen molar-refractivity contribution in [1.82, 2.24) is 19.9 Å². The summed E-state index contributed by atoms with van der Waals surface area (Å²) in [4.78, 5) is 14.7. The summed E-state index contributed by atoms with van der Waals surface area (Å²) in [5, 5.41) is 3.17. The van der Waals surface area contributed by atoms with Crippen molar-refractivity contribution in [2.24, 2.45) is 0 Å². The van der Waals surface area contributed by atoms with E-state index in [-0.39, 0.29) is 18.1 Å². The fourth-order valence-corrected chi connectivity index (χ4v) is 2.22. The highest BCUT2D eigenvalue weighted by molar-refractivity contribution is 5.32. The molecule has 0 aromatic carbocycles. The molecule has 1 aliphatic rings. The van der Waals surface area contributed by atoms with E-state index in [1.807, 2.05) is 13.8 Å². The third kappa shape index (κ3) is 4.80. The van der Waals surface area contributed by atoms with Crippen molar-refractivity contribution in [3.8, 4) is 6.01 Å². The minimum atomic E-state index is 0.0137. The van der Waals surface area contributed by atoms with E-state index in [4.69, 9.17) is 10.5 Å². The van der Waals surface area contributed by atoms with Crippen LogP contribution in [-0.2, 0) is 0 Å². The number of nitrogens with two attached hydrogens (primary N) is 1. The average Bonchev–Trinajstić information content (AvgIpc) is 2.86. The van der Waals surface area contributed by atoms with E-state index in [2.05, 4.69) is 25.2 Å². The standard InChI is InChI=1S/C13H24N6O/c1-10(2)20-13-17-11(14)16-12(18-13)15-6-5-9-19-7-3-4-8-19/h10H,3-9H2,1-2H3,(H3,14,15,16,17,18). The Labute approximate surface area is 119 Å². The van der Waals surface area contributed by atoms with E-state index < -0.39 is 0 Å². The van der Waals surface area contributed by atoms with Gasteiger partial charge in [0, 0.05) is 6.54 Å². The van der Waals surface area contributed by atoms with Crippen LogP contribution >= 0.6 is 0 Å². The lowest BCUT2D eigenvalue weighted by atomic mass is 10.4. The van der Waals surface area contributed by atoms with Gasteiger partial charge in [0.05, 0.1) is 6.10 Å². The van der Waals surface area contributed by atoms with Gasteiger partial charge < -0.3 is 20.7 Å². The van der Waals surface area contributed by atoms with Gasteiger partial charge in [-0.25, -0.2) is 0 Å². The first-order valence-electron chi connectivity index (χ1n) is 7.28. The quantitative estimate of drug-likeness (QED) is 0.724. The van der Waals surface area contributed by atoms with E-state index in [1.165, 1.54) is 25.9 Å². The highest BCUT2D eigenvalue weighted by atomic mass is 16.5. The van der Waals surface area contributed by atoms with Gasteiger partial charge >= 0.3 is 6.01 Å². The molecule has 1 fully saturated rings. The Bertz CT molecular complexity index is 419. The van der Waals surface area contributed by atoms with Crippen molar-refractivity contribution in [3.05, 3.63) is 0 Å². The van der Waals surface area contributed by atoms with E-state index in [0.717, 1.165) is 19.5 Å². The molecule has 2 heterocycles. The Balaban J connectivity index is 1.77. The number of ether oxygens (including phenoxy) is 1. The summed E-state index contributed by atoms with van der Waals surface area (Å²) in [5.41, 5.74) is 5.65. The van der Waals surface area contributed by atoms with Gasteiger partial charge in [0.25, 0.3) is 0 Å². The van der Waals surface area contributed by atoms with Crippen LogP contribution in [0.25, 0.3) is 0 Å². The second kappa shape index (κ2) is 7.23. The van der Waals surface area contributed by atoms with Crippen LogP contribution in [-0.4, -0.2) is 52.1 Å². The van der Waals surface area contributed by atoms with Crippen LogP contribution in [0.1, 0.15) is 33.1 Å². The van der Waals surface area contributed by atoms with Gasteiger partial charge in [-0.2, -0.15) is 15.0 Å². The molecule has 20 heavy (non-hydrogen) atoms. The molecule has 0 atom stereocenters. The topological polar surface area (TPSA) is 89.2 Å². The van der Waals surface area contributed by atoms with Crippen molar-refractivity contribution in [3.63, 3.8) is 0 Å². The van der Waals surface area contributed by atoms with Crippen LogP contribution in [0.5, 0.6) is 6.01 Å². The minimum Gasteiger partial charge on any atom is -0.461 e. The maximum Gasteiger partial charge on any atom is 0.323 e. The second-order valence-corrected chi connectivity index (χ2v) is 5.30. The van der Waals surface area contributed by atoms with Crippen LogP contribution in [0.15, 0.2) is 0 Å². The first-order valence-corrected chi connectivity index (χ1v) is 7.28. The van der Waals surface area contributed by atoms with Crippen LogP contribution in [0.3, 0.4) is 0 Å². The molecule has 112 valence electrons. The molecule has 0 saturated carbocycles. The van der Waals surface area contributed by atoms with Gasteiger partial charge in [-0.15, -0.1) is 0 Å². The summed E-state index contributed by atoms with van der Waals surface area (Å²) in [6.07, 6.45) is 3.73. The molecule has 1 aromatic rings. The van der Waals surface area contributed by atoms with Gasteiger partial charge in [0.15, 0.2) is 0 Å². The number of aromatic nitrogens is 3. The molecule has 1 aliphatic heterocycles. The van der Waals surface area contributed by atoms with Crippen molar-refractivity contribution < 1.29 is 4.74 Å². The molecule has 7 nitrogen and oxygen atoms in total. The number of rotatable bonds is 7. The van der Waals surface area contributed by atoms with Gasteiger partial charge in [0.2, 0.25) is 11.9 Å². The third-order valence-corrected chi connectivity index (χ3v) is 3.11. The zero-order valence-electron chi connectivity index (χ0n) is 12.3. The molecule has 0 spiro atoms. The zero-order chi connectivity index (χ0) is 14.4. The number of nitrogens with one attached hydrogen (secondary N) is 1. The summed E-state index contributed by atoms with van der Waals surface area (Å²) in [6, 6.07) is 0.273. The number of nitrogen functional groups attached to an aromatic ring is 1. The highest BCUT2D eigenvalue weighted by Gasteiger charge is 2.11. The van der Waals surface area contributed by atoms with Gasteiger partial charge in [-0.3, -0.25) is 0 Å². The molecule has 1 saturated heterocycles. The first kappa shape index (κ1) is 14.8. The molecule has 2 rings (SSSR count). The van der Waals surface area contributed by atoms with Crippen molar-refractivity contribution in [1.29, 1.82) is 0 Å². The number of anilines is 2. The normalized spacial score (nSPS) is 15.8. The molecule has 0 radical (unpaired) electrons. The number of likely N-dealkylation sites (tertiary alicyclic amines) is 1. The van der Waals surface area contributed by atoms with E-state index >= 15 is 0 Å². The average molecular weight is 280 g/mol. The Morgan fingerprint density at radius 1 is 1.25 bits per heavy atom. The number of hydrogen-bond acceptors (Lipinski definition) is 7. The molecule has 1 aromatic heterocycles. The Morgan fingerprint density at radius 2 is 2.00 bits per heavy atom. The lowest BCUT2D eigenvalue weighted by molar-refractivity contribution is 0.222. The first-order chi connectivity index (χ1) is 9.63. The summed E-state index contributed by atoms with van der Waals surface area (Å²) in [6.45, 7) is 8.23. The van der Waals surface area contributed by atoms with E-state index in [9.17, 15) is 0 Å². The molecule has 0 amide bonds. The van der Waals surface area contributed by atoms with Crippen LogP contribution in [0.4, 0.5) is 11.9 Å². The summed E-state index contributed by atoms with van der Waals surface area (Å²) in [7, 11) is 0. The molecular formula is C13H24N6O. The fraction of sp³-hybridized carbons (Fsp3) is 0.769. The predicted molar refractivity (Wildman–Crippen MR) is 78.8 cm³/mol. The van der Waals surface area contributed by atoms with Crippen LogP contribution in [0.2, 0.25) is 0 Å². The maximum absolute atomic E-state index is 5.65. The van der Waals surface area contributed by atoms with Gasteiger partial charge in [-0.05, 0) is 52.7 Å². The Morgan fingerprint density at radius 3 is 2.70 bits per heavy atom. The molecule has 7 heteroatoms. The molecule has 0 aliphatic carbocycles. The van der Waals surface area contributed by atoms with Gasteiger partial charge in [0.1, 0.15) is 0 Å². The highest BCUT2D eigenvalue weighted by Crippen LogP contribution is 2.11. The van der Waals surface area contributed by atoms with Crippen molar-refractivity contribution in [2.45, 2.75) is 39.2 Å². The monoisotopic (exact) mass is 280 g/mol. The number of hydrogen-bond donors (Lipinski definition) is 2. The molecule has 0 unspecified atom stereocenters. The predicted octanol–water partition coefficient (Wildman–Crippen LogP) is 1.14. The third-order valence-electron chi connectivity index (χ3n) is 3.11. The molecule has 3 N–H and O–H groups in total. The van der Waals surface area contributed by atoms with Crippen LogP contribution in [0, 0.1) is 0 Å². The maximum atomic E-state index is 5.65. The van der Waals surface area contributed by atoms with Crippen LogP contribution < -0.4 is 15.8 Å². The zero-order valence-corrected chi connectivity index (χ0v) is 12.3. The van der Waals surface area contributed by atoms with Gasteiger partial charge in [-0.1, -0.05) is 0 Å². The molecular weight excluding hydrogens is 256 g/mol. The SMILES string of the molecule is CC(C)Oc1nc(N)nc(NCCCN2CCCC2)n1. The lowest BCUT2D eigenvalue weighted by Crippen LogP contribution is -2.22. The summed E-state index contributed by atoms with van der Waals surface area (Å²) < 4.78 is 5.43. The smallest absolute Gasteiger partial charge is 0.323 e. The number of nitrogens with zero attached hydrogens (tertiary/aromatic N) is 4. The second-order valence-electron chi connectivity index (χ2n) is 5.30. The summed E-state index contributed by atoms with van der Waals surface area (Å²) in [5.74, 6) is 0.660. The minimum absolute atomic E-state index is 0.0137. The summed E-state index contributed by atoms with van der Waals surface area (Å²) >= 11 is 0. The lowest BCUT2D eigenvalue weighted by Gasteiger charge is -2.14.